The normalized spacial score (nSPS) is 17.1. The second-order valence-corrected chi connectivity index (χ2v) is 9.02. The Bertz CT molecular complexity index is 877. The lowest BCUT2D eigenvalue weighted by atomic mass is 9.94. The van der Waals surface area contributed by atoms with Crippen LogP contribution in [0.1, 0.15) is 25.3 Å². The Morgan fingerprint density at radius 1 is 1.10 bits per heavy atom. The fourth-order valence-electron chi connectivity index (χ4n) is 2.96. The first-order chi connectivity index (χ1) is 13.6. The number of aliphatic carboxylic acids is 2. The van der Waals surface area contributed by atoms with E-state index in [4.69, 9.17) is 36.1 Å². The summed E-state index contributed by atoms with van der Waals surface area (Å²) in [6.07, 6.45) is 2.20. The Labute approximate surface area is 179 Å². The zero-order valence-electron chi connectivity index (χ0n) is 16.5. The molecule has 1 aliphatic heterocycles. The number of ether oxygens (including phenoxy) is 1. The van der Waals surface area contributed by atoms with Crippen LogP contribution in [0.15, 0.2) is 47.4 Å². The number of hydrogen-bond donors (Lipinski definition) is 2. The number of carbonyl (C=O) groups is 2. The van der Waals surface area contributed by atoms with Gasteiger partial charge in [-0.3, -0.25) is 0 Å². The number of nitrogens with zero attached hydrogens (tertiary/aromatic N) is 1. The molecule has 156 valence electrons. The van der Waals surface area contributed by atoms with E-state index >= 15 is 0 Å². The molecule has 0 radical (unpaired) electrons. The summed E-state index contributed by atoms with van der Waals surface area (Å²) in [5, 5.41) is 15.5. The van der Waals surface area contributed by atoms with Gasteiger partial charge in [0.1, 0.15) is 11.5 Å². The number of para-hydroxylation sites is 1. The number of fused-ring (bicyclic) bond motifs is 2. The molecule has 29 heavy (non-hydrogen) atoms. The van der Waals surface area contributed by atoms with E-state index < -0.39 is 11.9 Å². The Balaban J connectivity index is 0.000000438. The summed E-state index contributed by atoms with van der Waals surface area (Å²) in [5.74, 6) is -1.80. The molecule has 0 saturated carbocycles. The lowest BCUT2D eigenvalue weighted by Gasteiger charge is -2.29. The first kappa shape index (κ1) is 23.1. The smallest absolute Gasteiger partial charge is 0.414 e. The highest BCUT2D eigenvalue weighted by molar-refractivity contribution is 8.00. The molecule has 2 N–H and O–H groups in total. The molecule has 6 nitrogen and oxygen atoms in total. The van der Waals surface area contributed by atoms with E-state index in [2.05, 4.69) is 44.1 Å². The molecule has 0 spiro atoms. The molecular weight excluding hydrogens is 414 g/mol. The first-order valence-corrected chi connectivity index (χ1v) is 10.2. The lowest BCUT2D eigenvalue weighted by molar-refractivity contribution is -0.159. The van der Waals surface area contributed by atoms with Crippen molar-refractivity contribution < 1.29 is 24.5 Å². The third-order valence-electron chi connectivity index (χ3n) is 4.36. The molecular formula is C21H24ClNO5S. The van der Waals surface area contributed by atoms with Crippen LogP contribution < -0.4 is 4.74 Å². The highest BCUT2D eigenvalue weighted by Gasteiger charge is 2.34. The highest BCUT2D eigenvalue weighted by Crippen LogP contribution is 2.54. The number of benzene rings is 2. The van der Waals surface area contributed by atoms with Gasteiger partial charge in [0.2, 0.25) is 0 Å². The van der Waals surface area contributed by atoms with Crippen LogP contribution in [0.2, 0.25) is 5.02 Å². The summed E-state index contributed by atoms with van der Waals surface area (Å²) in [7, 11) is 4.23. The Hall–Kier alpha value is -2.22. The Morgan fingerprint density at radius 2 is 1.76 bits per heavy atom. The van der Waals surface area contributed by atoms with Gasteiger partial charge < -0.3 is 19.8 Å². The Morgan fingerprint density at radius 3 is 2.38 bits per heavy atom. The van der Waals surface area contributed by atoms with Crippen molar-refractivity contribution in [2.24, 2.45) is 0 Å². The Kier molecular flexibility index (Phi) is 7.96. The number of rotatable bonds is 4. The second kappa shape index (κ2) is 10.0. The summed E-state index contributed by atoms with van der Waals surface area (Å²) in [4.78, 5) is 21.6. The van der Waals surface area contributed by atoms with E-state index in [0.717, 1.165) is 35.9 Å². The summed E-state index contributed by atoms with van der Waals surface area (Å²) in [6.45, 7) is 3.38. The van der Waals surface area contributed by atoms with Gasteiger partial charge in [0.05, 0.1) is 4.90 Å². The lowest BCUT2D eigenvalue weighted by Crippen LogP contribution is -2.21. The molecule has 1 atom stereocenters. The van der Waals surface area contributed by atoms with Gasteiger partial charge in [0, 0.05) is 15.3 Å². The first-order valence-electron chi connectivity index (χ1n) is 8.99. The van der Waals surface area contributed by atoms with Crippen molar-refractivity contribution in [2.45, 2.75) is 29.4 Å². The fourth-order valence-corrected chi connectivity index (χ4v) is 4.49. The van der Waals surface area contributed by atoms with E-state index in [9.17, 15) is 0 Å². The van der Waals surface area contributed by atoms with Crippen molar-refractivity contribution in [3.05, 3.63) is 53.1 Å². The standard InChI is InChI=1S/C19H22ClNOS.C2H2O4/c1-19(11-6-12-21(2)3)15-13-14(20)9-10-16(15)22-17-7-4-5-8-18(17)23-19;3-1(4)2(5)6/h4-5,7-10,13H,6,11-12H2,1-3H3;(H,3,4)(H,5,6). The van der Waals surface area contributed by atoms with Crippen molar-refractivity contribution in [1.82, 2.24) is 4.90 Å². The van der Waals surface area contributed by atoms with Gasteiger partial charge in [-0.1, -0.05) is 23.7 Å². The van der Waals surface area contributed by atoms with E-state index in [1.165, 1.54) is 10.5 Å². The molecule has 2 aromatic carbocycles. The van der Waals surface area contributed by atoms with Crippen molar-refractivity contribution >= 4 is 35.3 Å². The fraction of sp³-hybridized carbons (Fsp3) is 0.333. The van der Waals surface area contributed by atoms with Crippen molar-refractivity contribution in [1.29, 1.82) is 0 Å². The summed E-state index contributed by atoms with van der Waals surface area (Å²) >= 11 is 8.16. The van der Waals surface area contributed by atoms with Gasteiger partial charge in [-0.05, 0) is 70.7 Å². The molecule has 8 heteroatoms. The number of halogens is 1. The maximum Gasteiger partial charge on any atom is 0.414 e. The predicted octanol–water partition coefficient (Wildman–Crippen LogP) is 4.95. The quantitative estimate of drug-likeness (QED) is 0.654. The minimum Gasteiger partial charge on any atom is -0.473 e. The van der Waals surface area contributed by atoms with Gasteiger partial charge in [0.15, 0.2) is 0 Å². The SMILES string of the molecule is CN(C)CCCC1(C)Sc2ccccc2Oc2ccc(Cl)cc21.O=C(O)C(=O)O. The van der Waals surface area contributed by atoms with Crippen LogP contribution in [0.5, 0.6) is 11.5 Å². The third kappa shape index (κ3) is 6.39. The van der Waals surface area contributed by atoms with Crippen LogP contribution in [0, 0.1) is 0 Å². The molecule has 0 aromatic heterocycles. The van der Waals surface area contributed by atoms with E-state index in [0.29, 0.717) is 0 Å². The van der Waals surface area contributed by atoms with Crippen LogP contribution in [0.25, 0.3) is 0 Å². The van der Waals surface area contributed by atoms with E-state index in [1.807, 2.05) is 36.0 Å². The molecule has 0 fully saturated rings. The topological polar surface area (TPSA) is 87.1 Å². The van der Waals surface area contributed by atoms with Crippen molar-refractivity contribution in [3.63, 3.8) is 0 Å². The average Bonchev–Trinajstić information content (AvgIpc) is 2.76. The second-order valence-electron chi connectivity index (χ2n) is 7.04. The largest absolute Gasteiger partial charge is 0.473 e. The van der Waals surface area contributed by atoms with Crippen LogP contribution in [-0.2, 0) is 14.3 Å². The average molecular weight is 438 g/mol. The molecule has 2 aromatic rings. The van der Waals surface area contributed by atoms with Crippen molar-refractivity contribution in [2.75, 3.05) is 20.6 Å². The predicted molar refractivity (Wildman–Crippen MR) is 114 cm³/mol. The summed E-state index contributed by atoms with van der Waals surface area (Å²) < 4.78 is 6.14. The zero-order chi connectivity index (χ0) is 21.6. The maximum atomic E-state index is 9.10. The molecule has 0 bridgehead atoms. The van der Waals surface area contributed by atoms with Crippen LogP contribution in [0.4, 0.5) is 0 Å². The van der Waals surface area contributed by atoms with Crippen LogP contribution in [0.3, 0.4) is 0 Å². The molecule has 3 rings (SSSR count). The maximum absolute atomic E-state index is 9.10. The van der Waals surface area contributed by atoms with E-state index in [-0.39, 0.29) is 4.75 Å². The monoisotopic (exact) mass is 437 g/mol. The minimum atomic E-state index is -1.82. The third-order valence-corrected chi connectivity index (χ3v) is 6.02. The molecule has 1 heterocycles. The molecule has 0 saturated heterocycles. The number of hydrogen-bond acceptors (Lipinski definition) is 5. The van der Waals surface area contributed by atoms with Gasteiger partial charge in [-0.15, -0.1) is 11.8 Å². The molecule has 0 aliphatic carbocycles. The van der Waals surface area contributed by atoms with Crippen LogP contribution in [-0.4, -0.2) is 47.7 Å². The summed E-state index contributed by atoms with van der Waals surface area (Å²) in [6, 6.07) is 14.2. The minimum absolute atomic E-state index is 0.0527. The van der Waals surface area contributed by atoms with E-state index in [1.54, 1.807) is 0 Å². The highest BCUT2D eigenvalue weighted by atomic mass is 35.5. The number of thioether (sulfide) groups is 1. The van der Waals surface area contributed by atoms with Gasteiger partial charge >= 0.3 is 11.9 Å². The van der Waals surface area contributed by atoms with Crippen molar-refractivity contribution in [3.8, 4) is 11.5 Å². The van der Waals surface area contributed by atoms with Gasteiger partial charge in [-0.2, -0.15) is 0 Å². The number of carboxylic acid groups (broad SMARTS) is 2. The summed E-state index contributed by atoms with van der Waals surface area (Å²) in [5.41, 5.74) is 1.19. The number of carboxylic acids is 2. The zero-order valence-corrected chi connectivity index (χ0v) is 18.1. The molecule has 1 aliphatic rings. The van der Waals surface area contributed by atoms with Gasteiger partial charge in [-0.25, -0.2) is 9.59 Å². The van der Waals surface area contributed by atoms with Gasteiger partial charge in [0.25, 0.3) is 0 Å². The van der Waals surface area contributed by atoms with Crippen LogP contribution >= 0.6 is 23.4 Å². The molecule has 0 amide bonds. The molecule has 1 unspecified atom stereocenters.